The van der Waals surface area contributed by atoms with Gasteiger partial charge in [-0.05, 0) is 86.2 Å². The van der Waals surface area contributed by atoms with E-state index in [4.69, 9.17) is 10.8 Å². The molecule has 2 atom stereocenters. The van der Waals surface area contributed by atoms with E-state index in [-0.39, 0.29) is 11.6 Å². The van der Waals surface area contributed by atoms with Crippen LogP contribution in [0.4, 0.5) is 20.3 Å². The number of rotatable bonds is 12. The molecule has 3 aliphatic rings. The molecular formula is C35H52F2N8O. The highest BCUT2D eigenvalue weighted by atomic mass is 19.3. The van der Waals surface area contributed by atoms with Crippen LogP contribution in [0.3, 0.4) is 0 Å². The Morgan fingerprint density at radius 2 is 1.93 bits per heavy atom. The second-order valence-electron chi connectivity index (χ2n) is 13.3. The molecule has 9 nitrogen and oxygen atoms in total. The number of aliphatic imine (C=N–C) groups is 1. The molecule has 252 valence electrons. The third-order valence-corrected chi connectivity index (χ3v) is 10.4. The highest BCUT2D eigenvalue weighted by molar-refractivity contribution is 6.10. The van der Waals surface area contributed by atoms with Gasteiger partial charge in [0.05, 0.1) is 6.04 Å². The highest BCUT2D eigenvalue weighted by Gasteiger charge is 2.34. The summed E-state index contributed by atoms with van der Waals surface area (Å²) in [6.07, 6.45) is 6.06. The second kappa shape index (κ2) is 15.5. The molecule has 1 amide bonds. The van der Waals surface area contributed by atoms with Crippen LogP contribution in [-0.2, 0) is 24.1 Å². The Morgan fingerprint density at radius 1 is 1.20 bits per heavy atom. The summed E-state index contributed by atoms with van der Waals surface area (Å²) in [7, 11) is 1.61. The molecule has 3 aliphatic heterocycles. The van der Waals surface area contributed by atoms with Gasteiger partial charge in [0.1, 0.15) is 0 Å². The zero-order valence-electron chi connectivity index (χ0n) is 27.9. The molecule has 0 aliphatic carbocycles. The van der Waals surface area contributed by atoms with Crippen molar-refractivity contribution in [2.24, 2.45) is 28.5 Å². The zero-order valence-corrected chi connectivity index (χ0v) is 27.9. The maximum atomic E-state index is 14.5. The van der Waals surface area contributed by atoms with Gasteiger partial charge >= 0.3 is 0 Å². The van der Waals surface area contributed by atoms with Crippen LogP contribution in [0.2, 0.25) is 0 Å². The maximum Gasteiger partial charge on any atom is 0.264 e. The first-order chi connectivity index (χ1) is 22.3. The number of hydrogen-bond donors (Lipinski definition) is 3. The average Bonchev–Trinajstić information content (AvgIpc) is 3.43. The number of hydrogen-bond acceptors (Lipinski definition) is 7. The summed E-state index contributed by atoms with van der Waals surface area (Å²) in [5.74, 6) is 2.90. The molecular weight excluding hydrogens is 586 g/mol. The summed E-state index contributed by atoms with van der Waals surface area (Å²) in [5, 5.41) is 11.7. The number of benzene rings is 1. The summed E-state index contributed by atoms with van der Waals surface area (Å²) in [4.78, 5) is 20.0. The number of carbonyl (C=O) groups excluding carboxylic acids is 1. The number of likely N-dealkylation sites (tertiary alicyclic amines) is 1. The molecule has 0 saturated carbocycles. The smallest absolute Gasteiger partial charge is 0.264 e. The number of carbonyl (C=O) groups is 1. The minimum Gasteiger partial charge on any atom is -0.404 e. The minimum atomic E-state index is -2.67. The SMILES string of the molecule is CCc1c(N2CCCc3cc(/C(C=NC)=C/N)c(C(F)F)cc32)nn(C2CCN(CC3C(C)CNCC3C)CC2)c1CCNC=O. The van der Waals surface area contributed by atoms with Crippen LogP contribution in [-0.4, -0.2) is 80.2 Å². The Bertz CT molecular complexity index is 1390. The fourth-order valence-electron chi connectivity index (χ4n) is 7.93. The number of aromatic nitrogens is 2. The first kappa shape index (κ1) is 34.0. The monoisotopic (exact) mass is 638 g/mol. The molecule has 1 aromatic heterocycles. The van der Waals surface area contributed by atoms with Crippen LogP contribution in [0, 0.1) is 17.8 Å². The lowest BCUT2D eigenvalue weighted by molar-refractivity contribution is -0.109. The zero-order chi connectivity index (χ0) is 32.8. The van der Waals surface area contributed by atoms with E-state index < -0.39 is 6.43 Å². The number of amides is 1. The van der Waals surface area contributed by atoms with Crippen molar-refractivity contribution >= 4 is 29.7 Å². The van der Waals surface area contributed by atoms with Crippen molar-refractivity contribution in [1.29, 1.82) is 0 Å². The van der Waals surface area contributed by atoms with Gasteiger partial charge in [-0.15, -0.1) is 0 Å². The van der Waals surface area contributed by atoms with E-state index in [1.807, 2.05) is 6.07 Å². The number of nitrogens with one attached hydrogen (secondary N) is 2. The van der Waals surface area contributed by atoms with E-state index in [0.29, 0.717) is 48.4 Å². The van der Waals surface area contributed by atoms with Crippen LogP contribution >= 0.6 is 0 Å². The molecule has 2 unspecified atom stereocenters. The summed E-state index contributed by atoms with van der Waals surface area (Å²) in [5.41, 5.74) is 10.7. The fraction of sp³-hybridized carbons (Fsp3) is 0.629. The number of allylic oxidation sites excluding steroid dienone is 1. The van der Waals surface area contributed by atoms with Crippen molar-refractivity contribution in [1.82, 2.24) is 25.3 Å². The molecule has 11 heteroatoms. The van der Waals surface area contributed by atoms with Crippen molar-refractivity contribution in [3.8, 4) is 0 Å². The van der Waals surface area contributed by atoms with Crippen molar-refractivity contribution in [3.63, 3.8) is 0 Å². The van der Waals surface area contributed by atoms with E-state index in [9.17, 15) is 13.6 Å². The van der Waals surface area contributed by atoms with Crippen molar-refractivity contribution in [2.45, 2.75) is 71.8 Å². The van der Waals surface area contributed by atoms with Gasteiger partial charge in [0.15, 0.2) is 5.82 Å². The molecule has 4 heterocycles. The Balaban J connectivity index is 1.47. The number of aryl methyl sites for hydroxylation is 1. The predicted octanol–water partition coefficient (Wildman–Crippen LogP) is 4.88. The standard InChI is InChI=1S/C35H52F2N8O/c1-5-28-32(8-11-40-22-46)45(27-9-13-43(14-10-27)21-31-23(2)18-41-19-24(31)3)42-35(28)44-12-6-7-25-15-29(26(17-38)20-39-4)30(34(36)37)16-33(25)44/h15-17,20,22-24,27,31,34,41H,5-14,18-19,21,38H2,1-4H3,(H,40,46)/b26-17+,39-20?. The molecule has 2 aromatic rings. The number of alkyl halides is 2. The first-order valence-corrected chi connectivity index (χ1v) is 17.1. The summed E-state index contributed by atoms with van der Waals surface area (Å²) in [6.45, 7) is 13.5. The topological polar surface area (TPSA) is 104 Å². The summed E-state index contributed by atoms with van der Waals surface area (Å²) >= 11 is 0. The highest BCUT2D eigenvalue weighted by Crippen LogP contribution is 2.42. The van der Waals surface area contributed by atoms with E-state index in [2.05, 4.69) is 50.9 Å². The Kier molecular flexibility index (Phi) is 11.5. The Hall–Kier alpha value is -3.31. The average molecular weight is 639 g/mol. The molecule has 0 spiro atoms. The number of nitrogens with two attached hydrogens (primary N) is 1. The number of piperidine rings is 2. The van der Waals surface area contributed by atoms with Gasteiger partial charge in [0, 0.05) is 86.7 Å². The van der Waals surface area contributed by atoms with E-state index in [1.165, 1.54) is 12.4 Å². The maximum absolute atomic E-state index is 14.5. The number of halogens is 2. The number of nitrogens with zero attached hydrogens (tertiary/aromatic N) is 5. The summed E-state index contributed by atoms with van der Waals surface area (Å²) in [6, 6.07) is 3.74. The normalized spacial score (nSPS) is 23.3. The lowest BCUT2D eigenvalue weighted by Gasteiger charge is -2.41. The van der Waals surface area contributed by atoms with E-state index >= 15 is 0 Å². The van der Waals surface area contributed by atoms with Gasteiger partial charge < -0.3 is 26.2 Å². The lowest BCUT2D eigenvalue weighted by atomic mass is 9.80. The third-order valence-electron chi connectivity index (χ3n) is 10.4. The van der Waals surface area contributed by atoms with Crippen LogP contribution in [0.25, 0.3) is 5.57 Å². The number of fused-ring (bicyclic) bond motifs is 1. The predicted molar refractivity (Wildman–Crippen MR) is 182 cm³/mol. The first-order valence-electron chi connectivity index (χ1n) is 17.1. The van der Waals surface area contributed by atoms with Crippen LogP contribution < -0.4 is 21.3 Å². The van der Waals surface area contributed by atoms with Gasteiger partial charge in [0.2, 0.25) is 6.41 Å². The summed E-state index contributed by atoms with van der Waals surface area (Å²) < 4.78 is 31.3. The molecule has 2 fully saturated rings. The van der Waals surface area contributed by atoms with E-state index in [1.54, 1.807) is 13.1 Å². The Labute approximate surface area is 272 Å². The van der Waals surface area contributed by atoms with Crippen LogP contribution in [0.5, 0.6) is 0 Å². The van der Waals surface area contributed by atoms with Crippen LogP contribution in [0.1, 0.15) is 80.4 Å². The quantitative estimate of drug-likeness (QED) is 0.174. The van der Waals surface area contributed by atoms with Crippen molar-refractivity contribution in [3.05, 3.63) is 46.3 Å². The molecule has 0 radical (unpaired) electrons. The van der Waals surface area contributed by atoms with Crippen molar-refractivity contribution in [2.75, 3.05) is 57.8 Å². The van der Waals surface area contributed by atoms with Crippen molar-refractivity contribution < 1.29 is 13.6 Å². The van der Waals surface area contributed by atoms with Gasteiger partial charge in [-0.1, -0.05) is 20.8 Å². The molecule has 4 N–H and O–H groups in total. The van der Waals surface area contributed by atoms with Gasteiger partial charge in [-0.25, -0.2) is 8.78 Å². The molecule has 0 bridgehead atoms. The second-order valence-corrected chi connectivity index (χ2v) is 13.3. The molecule has 5 rings (SSSR count). The third kappa shape index (κ3) is 7.15. The Morgan fingerprint density at radius 3 is 2.57 bits per heavy atom. The minimum absolute atomic E-state index is 0.0557. The largest absolute Gasteiger partial charge is 0.404 e. The van der Waals surface area contributed by atoms with Gasteiger partial charge in [-0.3, -0.25) is 14.5 Å². The molecule has 1 aromatic carbocycles. The number of anilines is 2. The van der Waals surface area contributed by atoms with Gasteiger partial charge in [0.25, 0.3) is 6.43 Å². The van der Waals surface area contributed by atoms with E-state index in [0.717, 1.165) is 99.6 Å². The van der Waals surface area contributed by atoms with Gasteiger partial charge in [-0.2, -0.15) is 5.10 Å². The molecule has 46 heavy (non-hydrogen) atoms. The molecule has 2 saturated heterocycles. The lowest BCUT2D eigenvalue weighted by Crippen LogP contribution is -2.47. The fourth-order valence-corrected chi connectivity index (χ4v) is 7.93. The van der Waals surface area contributed by atoms with Crippen LogP contribution in [0.15, 0.2) is 23.3 Å².